The van der Waals surface area contributed by atoms with Gasteiger partial charge in [-0.25, -0.2) is 5.01 Å². The predicted octanol–water partition coefficient (Wildman–Crippen LogP) is 5.23. The first kappa shape index (κ1) is 24.4. The van der Waals surface area contributed by atoms with E-state index in [1.165, 1.54) is 18.2 Å². The summed E-state index contributed by atoms with van der Waals surface area (Å²) in [5.74, 6) is 0.396. The van der Waals surface area contributed by atoms with Gasteiger partial charge in [-0.15, -0.1) is 0 Å². The molecule has 35 heavy (non-hydrogen) atoms. The zero-order chi connectivity index (χ0) is 24.9. The van der Waals surface area contributed by atoms with Crippen molar-refractivity contribution in [3.8, 4) is 17.2 Å². The van der Waals surface area contributed by atoms with E-state index in [-0.39, 0.29) is 23.8 Å². The van der Waals surface area contributed by atoms with Gasteiger partial charge in [0.15, 0.2) is 11.5 Å². The number of amides is 2. The Hall–Kier alpha value is -3.68. The molecule has 1 saturated heterocycles. The number of nitrogens with zero attached hydrogens (tertiary/aromatic N) is 1. The van der Waals surface area contributed by atoms with Crippen LogP contribution in [0, 0.1) is 6.92 Å². The smallest absolute Gasteiger partial charge is 0.282 e. The van der Waals surface area contributed by atoms with Gasteiger partial charge in [-0.2, -0.15) is 0 Å². The van der Waals surface area contributed by atoms with Crippen LogP contribution >= 0.6 is 23.2 Å². The SMILES string of the molecule is COc1cc(/C=C2\C(=O)NN(c3ccccc3)C2=O)cc(Cl)c1OCCOc1ccc(Cl)c(C)c1. The van der Waals surface area contributed by atoms with Crippen LogP contribution in [0.1, 0.15) is 11.1 Å². The van der Waals surface area contributed by atoms with Crippen molar-refractivity contribution in [2.24, 2.45) is 0 Å². The Kier molecular flexibility index (Phi) is 7.48. The number of carbonyl (C=O) groups excluding carboxylic acids is 2. The number of nitrogens with one attached hydrogen (secondary N) is 1. The molecule has 2 amide bonds. The summed E-state index contributed by atoms with van der Waals surface area (Å²) >= 11 is 12.5. The van der Waals surface area contributed by atoms with Crippen molar-refractivity contribution in [2.75, 3.05) is 25.3 Å². The van der Waals surface area contributed by atoms with Gasteiger partial charge in [-0.05, 0) is 66.6 Å². The van der Waals surface area contributed by atoms with Crippen molar-refractivity contribution in [2.45, 2.75) is 6.92 Å². The van der Waals surface area contributed by atoms with Crippen LogP contribution in [0.2, 0.25) is 10.0 Å². The molecule has 0 aromatic heterocycles. The lowest BCUT2D eigenvalue weighted by atomic mass is 10.1. The number of hydrogen-bond donors (Lipinski definition) is 1. The van der Waals surface area contributed by atoms with E-state index < -0.39 is 11.8 Å². The molecule has 1 fully saturated rings. The molecule has 7 nitrogen and oxygen atoms in total. The molecule has 180 valence electrons. The van der Waals surface area contributed by atoms with Gasteiger partial charge >= 0.3 is 0 Å². The highest BCUT2D eigenvalue weighted by Crippen LogP contribution is 2.37. The molecule has 1 heterocycles. The van der Waals surface area contributed by atoms with Crippen molar-refractivity contribution in [1.82, 2.24) is 5.43 Å². The van der Waals surface area contributed by atoms with E-state index in [1.54, 1.807) is 48.5 Å². The highest BCUT2D eigenvalue weighted by atomic mass is 35.5. The normalized spacial score (nSPS) is 14.3. The average Bonchev–Trinajstić information content (AvgIpc) is 3.13. The molecule has 0 bridgehead atoms. The molecule has 4 rings (SSSR count). The molecule has 1 aliphatic heterocycles. The third kappa shape index (κ3) is 5.53. The zero-order valence-corrected chi connectivity index (χ0v) is 20.5. The second kappa shape index (κ2) is 10.7. The third-order valence-electron chi connectivity index (χ3n) is 5.20. The Balaban J connectivity index is 1.46. The number of methoxy groups -OCH3 is 1. The minimum Gasteiger partial charge on any atom is -0.493 e. The van der Waals surface area contributed by atoms with Crippen LogP contribution in [0.3, 0.4) is 0 Å². The van der Waals surface area contributed by atoms with Crippen LogP contribution in [0.5, 0.6) is 17.2 Å². The highest BCUT2D eigenvalue weighted by Gasteiger charge is 2.34. The zero-order valence-electron chi connectivity index (χ0n) is 19.0. The second-order valence-corrected chi connectivity index (χ2v) is 8.43. The Bertz CT molecular complexity index is 1290. The molecule has 3 aromatic rings. The third-order valence-corrected chi connectivity index (χ3v) is 5.90. The van der Waals surface area contributed by atoms with Gasteiger partial charge in [0.25, 0.3) is 11.8 Å². The van der Waals surface area contributed by atoms with Gasteiger partial charge < -0.3 is 14.2 Å². The monoisotopic (exact) mass is 512 g/mol. The Morgan fingerprint density at radius 2 is 1.69 bits per heavy atom. The number of benzene rings is 3. The minimum atomic E-state index is -0.510. The summed E-state index contributed by atoms with van der Waals surface area (Å²) in [6.45, 7) is 2.39. The summed E-state index contributed by atoms with van der Waals surface area (Å²) in [4.78, 5) is 25.3. The predicted molar refractivity (Wildman–Crippen MR) is 135 cm³/mol. The van der Waals surface area contributed by atoms with Crippen LogP contribution in [0.4, 0.5) is 5.69 Å². The number of ether oxygens (including phenoxy) is 3. The summed E-state index contributed by atoms with van der Waals surface area (Å²) < 4.78 is 16.9. The van der Waals surface area contributed by atoms with Gasteiger partial charge in [0.2, 0.25) is 0 Å². The van der Waals surface area contributed by atoms with Crippen molar-refractivity contribution in [1.29, 1.82) is 0 Å². The lowest BCUT2D eigenvalue weighted by Crippen LogP contribution is -2.35. The van der Waals surface area contributed by atoms with E-state index >= 15 is 0 Å². The molecular formula is C26H22Cl2N2O5. The summed E-state index contributed by atoms with van der Waals surface area (Å²) in [7, 11) is 1.48. The number of aryl methyl sites for hydroxylation is 1. The van der Waals surface area contributed by atoms with E-state index in [2.05, 4.69) is 5.43 Å². The van der Waals surface area contributed by atoms with Gasteiger partial charge in [-0.3, -0.25) is 15.0 Å². The Morgan fingerprint density at radius 1 is 0.943 bits per heavy atom. The summed E-state index contributed by atoms with van der Waals surface area (Å²) in [5.41, 5.74) is 4.54. The maximum Gasteiger partial charge on any atom is 0.282 e. The number of para-hydroxylation sites is 1. The molecule has 0 radical (unpaired) electrons. The number of carbonyl (C=O) groups is 2. The second-order valence-electron chi connectivity index (χ2n) is 7.62. The molecule has 1 N–H and O–H groups in total. The number of rotatable bonds is 8. The maximum atomic E-state index is 12.8. The van der Waals surface area contributed by atoms with Crippen LogP contribution in [0.15, 0.2) is 66.2 Å². The van der Waals surface area contributed by atoms with Crippen LogP contribution in [-0.2, 0) is 9.59 Å². The van der Waals surface area contributed by atoms with E-state index in [0.29, 0.717) is 33.5 Å². The quantitative estimate of drug-likeness (QED) is 0.254. The Morgan fingerprint density at radius 3 is 2.40 bits per heavy atom. The number of halogens is 2. The first-order valence-corrected chi connectivity index (χ1v) is 11.4. The fraction of sp³-hybridized carbons (Fsp3) is 0.154. The summed E-state index contributed by atoms with van der Waals surface area (Å²) in [5, 5.41) is 2.14. The fourth-order valence-electron chi connectivity index (χ4n) is 3.46. The molecule has 1 aliphatic rings. The molecule has 0 aliphatic carbocycles. The maximum absolute atomic E-state index is 12.8. The molecule has 3 aromatic carbocycles. The van der Waals surface area contributed by atoms with Gasteiger partial charge in [0.05, 0.1) is 17.8 Å². The van der Waals surface area contributed by atoms with Crippen LogP contribution < -0.4 is 24.6 Å². The molecular weight excluding hydrogens is 491 g/mol. The first-order valence-electron chi connectivity index (χ1n) is 10.7. The standard InChI is InChI=1S/C26H22Cl2N2O5/c1-16-12-19(8-9-21(16)27)34-10-11-35-24-22(28)14-17(15-23(24)33-2)13-20-25(31)29-30(26(20)32)18-6-4-3-5-7-18/h3-9,12-15H,10-11H2,1-2H3,(H,29,31)/b20-13+. The van der Waals surface area contributed by atoms with E-state index in [9.17, 15) is 9.59 Å². The van der Waals surface area contributed by atoms with Crippen LogP contribution in [-0.4, -0.2) is 32.1 Å². The largest absolute Gasteiger partial charge is 0.493 e. The first-order chi connectivity index (χ1) is 16.9. The van der Waals surface area contributed by atoms with E-state index in [0.717, 1.165) is 5.56 Å². The number of hydrazine groups is 1. The lowest BCUT2D eigenvalue weighted by molar-refractivity contribution is -0.117. The molecule has 9 heteroatoms. The van der Waals surface area contributed by atoms with Crippen LogP contribution in [0.25, 0.3) is 6.08 Å². The average molecular weight is 513 g/mol. The molecule has 0 spiro atoms. The van der Waals surface area contributed by atoms with Gasteiger partial charge in [0, 0.05) is 5.02 Å². The number of anilines is 1. The summed E-state index contributed by atoms with van der Waals surface area (Å²) in [6, 6.07) is 17.5. The minimum absolute atomic E-state index is 0.0210. The van der Waals surface area contributed by atoms with Crippen molar-refractivity contribution < 1.29 is 23.8 Å². The fourth-order valence-corrected chi connectivity index (χ4v) is 3.85. The van der Waals surface area contributed by atoms with Crippen molar-refractivity contribution in [3.05, 3.63) is 87.4 Å². The highest BCUT2D eigenvalue weighted by molar-refractivity contribution is 6.33. The van der Waals surface area contributed by atoms with E-state index in [4.69, 9.17) is 37.4 Å². The van der Waals surface area contributed by atoms with Gasteiger partial charge in [-0.1, -0.05) is 41.4 Å². The van der Waals surface area contributed by atoms with Gasteiger partial charge in [0.1, 0.15) is 24.5 Å². The lowest BCUT2D eigenvalue weighted by Gasteiger charge is -2.14. The molecule has 0 atom stereocenters. The Labute approximate surface area is 212 Å². The topological polar surface area (TPSA) is 77.1 Å². The molecule has 0 unspecified atom stereocenters. The number of hydrogen-bond acceptors (Lipinski definition) is 5. The summed E-state index contributed by atoms with van der Waals surface area (Å²) in [6.07, 6.45) is 1.46. The van der Waals surface area contributed by atoms with Crippen molar-refractivity contribution in [3.63, 3.8) is 0 Å². The van der Waals surface area contributed by atoms with Crippen molar-refractivity contribution >= 4 is 46.8 Å². The van der Waals surface area contributed by atoms with E-state index in [1.807, 2.05) is 19.1 Å². The molecule has 0 saturated carbocycles.